The van der Waals surface area contributed by atoms with Crippen LogP contribution in [0.4, 0.5) is 0 Å². The van der Waals surface area contributed by atoms with Gasteiger partial charge in [0.05, 0.1) is 25.5 Å². The molecule has 0 unspecified atom stereocenters. The molecule has 0 bridgehead atoms. The molecule has 2 aromatic rings. The summed E-state index contributed by atoms with van der Waals surface area (Å²) in [5.74, 6) is 0.308. The summed E-state index contributed by atoms with van der Waals surface area (Å²) in [6, 6.07) is 11.8. The predicted molar refractivity (Wildman–Crippen MR) is 91.7 cm³/mol. The van der Waals surface area contributed by atoms with Gasteiger partial charge in [0.2, 0.25) is 0 Å². The van der Waals surface area contributed by atoms with Crippen molar-refractivity contribution in [1.82, 2.24) is 5.43 Å². The molecule has 0 aliphatic carbocycles. The number of benzene rings is 2. The summed E-state index contributed by atoms with van der Waals surface area (Å²) in [6.07, 6.45) is 0.0736. The molecule has 0 spiro atoms. The molecule has 0 aliphatic rings. The van der Waals surface area contributed by atoms with Gasteiger partial charge in [-0.05, 0) is 11.6 Å². The van der Waals surface area contributed by atoms with E-state index in [-0.39, 0.29) is 0 Å². The summed E-state index contributed by atoms with van der Waals surface area (Å²) in [7, 11) is 3.00. The van der Waals surface area contributed by atoms with E-state index in [1.165, 1.54) is 20.4 Å². The number of aliphatic hydroxyl groups is 1. The first-order chi connectivity index (χ1) is 11.6. The van der Waals surface area contributed by atoms with Crippen LogP contribution in [0.2, 0.25) is 5.02 Å². The summed E-state index contributed by atoms with van der Waals surface area (Å²) >= 11 is 6.06. The van der Waals surface area contributed by atoms with Gasteiger partial charge in [0.15, 0.2) is 6.10 Å². The maximum atomic E-state index is 11.9. The number of ether oxygens (including phenoxy) is 2. The summed E-state index contributed by atoms with van der Waals surface area (Å²) in [6.45, 7) is 0. The average molecular weight is 349 g/mol. The minimum atomic E-state index is -1.30. The number of carbonyl (C=O) groups excluding carboxylic acids is 1. The minimum absolute atomic E-state index is 0.385. The molecule has 0 heterocycles. The molecule has 126 valence electrons. The van der Waals surface area contributed by atoms with E-state index in [0.717, 1.165) is 0 Å². The molecule has 2 rings (SSSR count). The topological polar surface area (TPSA) is 80.2 Å². The molecule has 2 aromatic carbocycles. The first-order valence-corrected chi connectivity index (χ1v) is 7.42. The highest BCUT2D eigenvalue weighted by Gasteiger charge is 2.16. The lowest BCUT2D eigenvalue weighted by Crippen LogP contribution is -2.25. The normalized spacial score (nSPS) is 12.0. The highest BCUT2D eigenvalue weighted by molar-refractivity contribution is 6.32. The van der Waals surface area contributed by atoms with Crippen LogP contribution in [-0.2, 0) is 4.79 Å². The number of halogens is 1. The lowest BCUT2D eigenvalue weighted by atomic mass is 10.1. The Morgan fingerprint density at radius 3 is 2.50 bits per heavy atom. The van der Waals surface area contributed by atoms with Crippen molar-refractivity contribution in [3.05, 3.63) is 58.6 Å². The van der Waals surface area contributed by atoms with Gasteiger partial charge >= 0.3 is 0 Å². The number of methoxy groups -OCH3 is 2. The minimum Gasteiger partial charge on any atom is -0.496 e. The van der Waals surface area contributed by atoms with E-state index in [4.69, 9.17) is 21.1 Å². The van der Waals surface area contributed by atoms with Crippen LogP contribution < -0.4 is 14.9 Å². The van der Waals surface area contributed by atoms with Crippen molar-refractivity contribution in [3.8, 4) is 11.5 Å². The molecule has 0 aromatic heterocycles. The number of hydrogen-bond donors (Lipinski definition) is 2. The maximum absolute atomic E-state index is 11.9. The molecule has 0 radical (unpaired) electrons. The van der Waals surface area contributed by atoms with Gasteiger partial charge in [0.25, 0.3) is 5.91 Å². The zero-order valence-electron chi connectivity index (χ0n) is 13.2. The van der Waals surface area contributed by atoms with Gasteiger partial charge in [-0.15, -0.1) is 0 Å². The lowest BCUT2D eigenvalue weighted by molar-refractivity contribution is -0.129. The Morgan fingerprint density at radius 2 is 1.88 bits per heavy atom. The Hall–Kier alpha value is -2.57. The molecule has 0 fully saturated rings. The molecular formula is C17H17ClN2O4. The van der Waals surface area contributed by atoms with E-state index in [1.807, 2.05) is 0 Å². The molecule has 0 saturated carbocycles. The fourth-order valence-corrected chi connectivity index (χ4v) is 2.25. The van der Waals surface area contributed by atoms with E-state index in [0.29, 0.717) is 27.6 Å². The summed E-state index contributed by atoms with van der Waals surface area (Å²) < 4.78 is 10.3. The van der Waals surface area contributed by atoms with Crippen LogP contribution in [0.15, 0.2) is 47.6 Å². The number of hydrogen-bond acceptors (Lipinski definition) is 5. The van der Waals surface area contributed by atoms with Crippen molar-refractivity contribution in [1.29, 1.82) is 0 Å². The van der Waals surface area contributed by atoms with Gasteiger partial charge in [0, 0.05) is 11.6 Å². The zero-order valence-corrected chi connectivity index (χ0v) is 13.9. The second-order valence-electron chi connectivity index (χ2n) is 4.78. The van der Waals surface area contributed by atoms with E-state index in [2.05, 4.69) is 10.5 Å². The van der Waals surface area contributed by atoms with Crippen molar-refractivity contribution in [2.45, 2.75) is 6.10 Å². The Morgan fingerprint density at radius 1 is 1.21 bits per heavy atom. The van der Waals surface area contributed by atoms with Crippen LogP contribution in [0.5, 0.6) is 11.5 Å². The highest BCUT2D eigenvalue weighted by Crippen LogP contribution is 2.31. The fraction of sp³-hybridized carbons (Fsp3) is 0.176. The van der Waals surface area contributed by atoms with Gasteiger partial charge in [-0.3, -0.25) is 4.79 Å². The number of carbonyl (C=O) groups is 1. The standard InChI is InChI=1S/C17H17ClN2O4/c1-23-14-9-15(24-2)13(18)8-12(14)10-19-20-17(22)16(21)11-6-4-3-5-7-11/h3-10,16,21H,1-2H3,(H,20,22)/b19-10-/t16-/m1/s1. The SMILES string of the molecule is COc1cc(OC)c(/C=N\NC(=O)[C@H](O)c2ccccc2)cc1Cl. The second kappa shape index (κ2) is 8.33. The Bertz CT molecular complexity index is 735. The predicted octanol–water partition coefficient (Wildman–Crippen LogP) is 2.54. The Labute approximate surface area is 144 Å². The van der Waals surface area contributed by atoms with Gasteiger partial charge in [-0.2, -0.15) is 5.10 Å². The smallest absolute Gasteiger partial charge is 0.273 e. The van der Waals surface area contributed by atoms with Crippen molar-refractivity contribution in [2.24, 2.45) is 5.10 Å². The number of nitrogens with one attached hydrogen (secondary N) is 1. The van der Waals surface area contributed by atoms with Crippen molar-refractivity contribution < 1.29 is 19.4 Å². The van der Waals surface area contributed by atoms with Crippen LogP contribution in [0.1, 0.15) is 17.2 Å². The number of aliphatic hydroxyl groups excluding tert-OH is 1. The van der Waals surface area contributed by atoms with E-state index in [1.54, 1.807) is 42.5 Å². The monoisotopic (exact) mass is 348 g/mol. The van der Waals surface area contributed by atoms with E-state index in [9.17, 15) is 9.90 Å². The third-order valence-electron chi connectivity index (χ3n) is 3.25. The molecule has 1 amide bonds. The number of rotatable bonds is 6. The summed E-state index contributed by atoms with van der Waals surface area (Å²) in [4.78, 5) is 11.9. The largest absolute Gasteiger partial charge is 0.496 e. The molecule has 0 aliphatic heterocycles. The Kier molecular flexibility index (Phi) is 6.17. The Balaban J connectivity index is 2.09. The fourth-order valence-electron chi connectivity index (χ4n) is 2.00. The first kappa shape index (κ1) is 17.8. The van der Waals surface area contributed by atoms with Gasteiger partial charge in [-0.1, -0.05) is 41.9 Å². The third-order valence-corrected chi connectivity index (χ3v) is 3.54. The lowest BCUT2D eigenvalue weighted by Gasteiger charge is -2.10. The van der Waals surface area contributed by atoms with Gasteiger partial charge in [-0.25, -0.2) is 5.43 Å². The van der Waals surface area contributed by atoms with Crippen LogP contribution in [-0.4, -0.2) is 31.4 Å². The summed E-state index contributed by atoms with van der Waals surface area (Å²) in [5.41, 5.74) is 3.31. The molecule has 2 N–H and O–H groups in total. The third kappa shape index (κ3) is 4.24. The zero-order chi connectivity index (χ0) is 17.5. The number of hydrazone groups is 1. The van der Waals surface area contributed by atoms with Crippen molar-refractivity contribution >= 4 is 23.7 Å². The first-order valence-electron chi connectivity index (χ1n) is 7.04. The van der Waals surface area contributed by atoms with Crippen molar-refractivity contribution in [3.63, 3.8) is 0 Å². The van der Waals surface area contributed by atoms with Crippen molar-refractivity contribution in [2.75, 3.05) is 14.2 Å². The van der Waals surface area contributed by atoms with E-state index >= 15 is 0 Å². The number of amides is 1. The van der Waals surface area contributed by atoms with Crippen LogP contribution in [0, 0.1) is 0 Å². The number of nitrogens with zero attached hydrogens (tertiary/aromatic N) is 1. The molecular weight excluding hydrogens is 332 g/mol. The molecule has 24 heavy (non-hydrogen) atoms. The molecule has 6 nitrogen and oxygen atoms in total. The van der Waals surface area contributed by atoms with Crippen LogP contribution in [0.25, 0.3) is 0 Å². The maximum Gasteiger partial charge on any atom is 0.273 e. The van der Waals surface area contributed by atoms with Gasteiger partial charge < -0.3 is 14.6 Å². The van der Waals surface area contributed by atoms with Crippen LogP contribution in [0.3, 0.4) is 0 Å². The van der Waals surface area contributed by atoms with E-state index < -0.39 is 12.0 Å². The quantitative estimate of drug-likeness (QED) is 0.621. The average Bonchev–Trinajstić information content (AvgIpc) is 2.62. The summed E-state index contributed by atoms with van der Waals surface area (Å²) in [5, 5.41) is 14.2. The van der Waals surface area contributed by atoms with Crippen LogP contribution >= 0.6 is 11.6 Å². The molecule has 0 saturated heterocycles. The second-order valence-corrected chi connectivity index (χ2v) is 5.18. The highest BCUT2D eigenvalue weighted by atomic mass is 35.5. The van der Waals surface area contributed by atoms with Gasteiger partial charge in [0.1, 0.15) is 11.5 Å². The molecule has 1 atom stereocenters. The molecule has 7 heteroatoms.